The first-order chi connectivity index (χ1) is 8.10. The van der Waals surface area contributed by atoms with Crippen LogP contribution < -0.4 is 10.5 Å². The minimum Gasteiger partial charge on any atom is -0.496 e. The number of rotatable bonds is 3. The second kappa shape index (κ2) is 4.49. The highest BCUT2D eigenvalue weighted by molar-refractivity contribution is 5.38. The third-order valence-electron chi connectivity index (χ3n) is 2.73. The molecule has 17 heavy (non-hydrogen) atoms. The summed E-state index contributed by atoms with van der Waals surface area (Å²) in [7, 11) is 1.67. The van der Waals surface area contributed by atoms with Crippen molar-refractivity contribution in [2.24, 2.45) is 0 Å². The molecule has 2 rings (SSSR count). The molecule has 4 nitrogen and oxygen atoms in total. The quantitative estimate of drug-likeness (QED) is 0.883. The van der Waals surface area contributed by atoms with Gasteiger partial charge >= 0.3 is 0 Å². The molecule has 0 aliphatic carbocycles. The summed E-state index contributed by atoms with van der Waals surface area (Å²) in [5, 5.41) is 0. The van der Waals surface area contributed by atoms with Gasteiger partial charge in [0.25, 0.3) is 6.01 Å². The molecule has 4 heteroatoms. The molecular weight excluding hydrogens is 216 g/mol. The van der Waals surface area contributed by atoms with Gasteiger partial charge in [0.2, 0.25) is 0 Å². The zero-order valence-electron chi connectivity index (χ0n) is 10.3. The summed E-state index contributed by atoms with van der Waals surface area (Å²) in [6, 6.07) is 6.28. The standard InChI is InChI=1S/C13H16N2O2/c1-8-6-10(4-5-11(8)16-3)7-12-9(2)15-13(14)17-12/h4-6H,7H2,1-3H3,(H2,14,15). The molecule has 0 saturated carbocycles. The van der Waals surface area contributed by atoms with Crippen molar-refractivity contribution >= 4 is 6.01 Å². The van der Waals surface area contributed by atoms with Gasteiger partial charge in [-0.05, 0) is 31.0 Å². The van der Waals surface area contributed by atoms with Crippen LogP contribution in [0, 0.1) is 13.8 Å². The van der Waals surface area contributed by atoms with Gasteiger partial charge < -0.3 is 14.9 Å². The van der Waals surface area contributed by atoms with E-state index in [9.17, 15) is 0 Å². The summed E-state index contributed by atoms with van der Waals surface area (Å²) in [6.07, 6.45) is 0.695. The molecule has 0 saturated heterocycles. The molecule has 2 N–H and O–H groups in total. The van der Waals surface area contributed by atoms with E-state index in [2.05, 4.69) is 11.1 Å². The van der Waals surface area contributed by atoms with Crippen LogP contribution in [0.3, 0.4) is 0 Å². The first kappa shape index (κ1) is 11.5. The van der Waals surface area contributed by atoms with E-state index in [4.69, 9.17) is 14.9 Å². The van der Waals surface area contributed by atoms with Crippen LogP contribution in [0.4, 0.5) is 6.01 Å². The second-order valence-corrected chi connectivity index (χ2v) is 4.04. The van der Waals surface area contributed by atoms with Crippen molar-refractivity contribution in [3.05, 3.63) is 40.8 Å². The van der Waals surface area contributed by atoms with Crippen LogP contribution >= 0.6 is 0 Å². The Morgan fingerprint density at radius 3 is 2.65 bits per heavy atom. The number of hydrogen-bond acceptors (Lipinski definition) is 4. The molecule has 1 heterocycles. The van der Waals surface area contributed by atoms with E-state index in [1.807, 2.05) is 26.0 Å². The summed E-state index contributed by atoms with van der Waals surface area (Å²) < 4.78 is 10.6. The lowest BCUT2D eigenvalue weighted by atomic mass is 10.1. The van der Waals surface area contributed by atoms with E-state index in [0.29, 0.717) is 6.42 Å². The normalized spacial score (nSPS) is 10.5. The summed E-state index contributed by atoms with van der Waals surface area (Å²) in [4.78, 5) is 4.05. The lowest BCUT2D eigenvalue weighted by molar-refractivity contribution is 0.411. The number of nitrogen functional groups attached to an aromatic ring is 1. The van der Waals surface area contributed by atoms with Crippen molar-refractivity contribution in [2.45, 2.75) is 20.3 Å². The number of nitrogens with two attached hydrogens (primary N) is 1. The van der Waals surface area contributed by atoms with Crippen molar-refractivity contribution < 1.29 is 9.15 Å². The molecule has 0 aliphatic rings. The van der Waals surface area contributed by atoms with Gasteiger partial charge in [-0.25, -0.2) is 0 Å². The molecule has 0 amide bonds. The molecule has 0 spiro atoms. The van der Waals surface area contributed by atoms with E-state index in [0.717, 1.165) is 28.3 Å². The second-order valence-electron chi connectivity index (χ2n) is 4.04. The Labute approximate surface area is 100 Å². The van der Waals surface area contributed by atoms with Gasteiger partial charge in [0.15, 0.2) is 0 Å². The van der Waals surface area contributed by atoms with Crippen LogP contribution in [-0.2, 0) is 6.42 Å². The summed E-state index contributed by atoms with van der Waals surface area (Å²) >= 11 is 0. The molecular formula is C13H16N2O2. The molecule has 1 aromatic carbocycles. The highest BCUT2D eigenvalue weighted by Gasteiger charge is 2.09. The molecule has 0 atom stereocenters. The number of ether oxygens (including phenoxy) is 1. The molecule has 0 bridgehead atoms. The number of hydrogen-bond donors (Lipinski definition) is 1. The molecule has 0 radical (unpaired) electrons. The maximum absolute atomic E-state index is 5.51. The predicted molar refractivity (Wildman–Crippen MR) is 66.2 cm³/mol. The van der Waals surface area contributed by atoms with Crippen LogP contribution in [-0.4, -0.2) is 12.1 Å². The average molecular weight is 232 g/mol. The molecule has 0 aliphatic heterocycles. The molecule has 0 fully saturated rings. The maximum atomic E-state index is 5.51. The number of aryl methyl sites for hydroxylation is 2. The number of oxazole rings is 1. The van der Waals surface area contributed by atoms with Crippen molar-refractivity contribution in [1.82, 2.24) is 4.98 Å². The minimum atomic E-state index is 0.225. The Bertz CT molecular complexity index is 532. The van der Waals surface area contributed by atoms with Gasteiger partial charge in [0.1, 0.15) is 11.5 Å². The highest BCUT2D eigenvalue weighted by Crippen LogP contribution is 2.22. The van der Waals surface area contributed by atoms with Gasteiger partial charge in [-0.15, -0.1) is 0 Å². The van der Waals surface area contributed by atoms with Crippen LogP contribution in [0.5, 0.6) is 5.75 Å². The van der Waals surface area contributed by atoms with Crippen LogP contribution in [0.1, 0.15) is 22.6 Å². The van der Waals surface area contributed by atoms with E-state index >= 15 is 0 Å². The molecule has 0 unspecified atom stereocenters. The Balaban J connectivity index is 2.24. The number of aromatic nitrogens is 1. The fourth-order valence-corrected chi connectivity index (χ4v) is 1.85. The lowest BCUT2D eigenvalue weighted by Gasteiger charge is -2.06. The van der Waals surface area contributed by atoms with E-state index in [-0.39, 0.29) is 6.01 Å². The summed E-state index contributed by atoms with van der Waals surface area (Å²) in [6.45, 7) is 3.91. The van der Waals surface area contributed by atoms with E-state index < -0.39 is 0 Å². The molecule has 1 aromatic heterocycles. The Morgan fingerprint density at radius 1 is 1.35 bits per heavy atom. The minimum absolute atomic E-state index is 0.225. The first-order valence-electron chi connectivity index (χ1n) is 5.45. The average Bonchev–Trinajstić information content (AvgIpc) is 2.58. The lowest BCUT2D eigenvalue weighted by Crippen LogP contribution is -1.92. The fraction of sp³-hybridized carbons (Fsp3) is 0.308. The largest absolute Gasteiger partial charge is 0.496 e. The van der Waals surface area contributed by atoms with Gasteiger partial charge in [-0.2, -0.15) is 4.98 Å². The molecule has 90 valence electrons. The van der Waals surface area contributed by atoms with Crippen LogP contribution in [0.15, 0.2) is 22.6 Å². The predicted octanol–water partition coefficient (Wildman–Crippen LogP) is 2.47. The van der Waals surface area contributed by atoms with Gasteiger partial charge in [-0.3, -0.25) is 0 Å². The fourth-order valence-electron chi connectivity index (χ4n) is 1.85. The number of methoxy groups -OCH3 is 1. The van der Waals surface area contributed by atoms with Crippen LogP contribution in [0.25, 0.3) is 0 Å². The number of nitrogens with zero attached hydrogens (tertiary/aromatic N) is 1. The zero-order chi connectivity index (χ0) is 12.4. The Kier molecular flexibility index (Phi) is 3.04. The maximum Gasteiger partial charge on any atom is 0.292 e. The van der Waals surface area contributed by atoms with Crippen LogP contribution in [0.2, 0.25) is 0 Å². The van der Waals surface area contributed by atoms with E-state index in [1.54, 1.807) is 7.11 Å². The van der Waals surface area contributed by atoms with Crippen molar-refractivity contribution in [2.75, 3.05) is 12.8 Å². The number of anilines is 1. The van der Waals surface area contributed by atoms with Crippen molar-refractivity contribution in [1.29, 1.82) is 0 Å². The first-order valence-corrected chi connectivity index (χ1v) is 5.45. The van der Waals surface area contributed by atoms with Crippen molar-refractivity contribution in [3.63, 3.8) is 0 Å². The summed E-state index contributed by atoms with van der Waals surface area (Å²) in [5.74, 6) is 1.70. The molecule has 2 aromatic rings. The number of benzene rings is 1. The third kappa shape index (κ3) is 2.41. The van der Waals surface area contributed by atoms with Gasteiger partial charge in [-0.1, -0.05) is 12.1 Å². The van der Waals surface area contributed by atoms with Gasteiger partial charge in [0, 0.05) is 6.42 Å². The third-order valence-corrected chi connectivity index (χ3v) is 2.73. The van der Waals surface area contributed by atoms with Crippen molar-refractivity contribution in [3.8, 4) is 5.75 Å². The Hall–Kier alpha value is -1.97. The Morgan fingerprint density at radius 2 is 2.12 bits per heavy atom. The monoisotopic (exact) mass is 232 g/mol. The van der Waals surface area contributed by atoms with E-state index in [1.165, 1.54) is 0 Å². The smallest absolute Gasteiger partial charge is 0.292 e. The highest BCUT2D eigenvalue weighted by atomic mass is 16.5. The zero-order valence-corrected chi connectivity index (χ0v) is 10.3. The SMILES string of the molecule is COc1ccc(Cc2oc(N)nc2C)cc1C. The van der Waals surface area contributed by atoms with Gasteiger partial charge in [0.05, 0.1) is 12.8 Å². The summed E-state index contributed by atoms with van der Waals surface area (Å²) in [5.41, 5.74) is 8.62. The topological polar surface area (TPSA) is 61.3 Å².